The molecule has 2 amide bonds. The summed E-state index contributed by atoms with van der Waals surface area (Å²) in [7, 11) is 0. The summed E-state index contributed by atoms with van der Waals surface area (Å²) in [6.07, 6.45) is 0. The van der Waals surface area contributed by atoms with Crippen molar-refractivity contribution < 1.29 is 9.59 Å². The normalized spacial score (nSPS) is 25.5. The van der Waals surface area contributed by atoms with Gasteiger partial charge in [-0.2, -0.15) is 0 Å². The predicted molar refractivity (Wildman–Crippen MR) is 145 cm³/mol. The maximum Gasteiger partial charge on any atom is 0.266 e. The molecule has 2 fully saturated rings. The lowest BCUT2D eigenvalue weighted by atomic mass is 9.75. The van der Waals surface area contributed by atoms with E-state index in [4.69, 9.17) is 4.98 Å². The largest absolute Gasteiger partial charge is 0.296 e. The number of hydrogen-bond acceptors (Lipinski definition) is 5. The molecule has 1 N–H and O–H groups in total. The number of nitrogens with one attached hydrogen (secondary N) is 1. The zero-order chi connectivity index (χ0) is 26.5. The van der Waals surface area contributed by atoms with Crippen molar-refractivity contribution >= 4 is 28.4 Å². The van der Waals surface area contributed by atoms with Crippen molar-refractivity contribution in [3.63, 3.8) is 0 Å². The van der Waals surface area contributed by atoms with Gasteiger partial charge in [-0.05, 0) is 49.1 Å². The van der Waals surface area contributed by atoms with Crippen LogP contribution in [0.25, 0.3) is 16.6 Å². The molecule has 3 aliphatic rings. The standard InChI is InChI=1S/C31H28N4O3/c1-16(2)25-23-24(29(38)35(28(23)37)26-17(3)10-9-11-18(26)4)31(33-25)20-13-6-8-15-22(20)34-27(36)19-12-5-7-14-21(19)32-30(31)34/h5-16,23-25,33H,1-4H3/t23-,24+,25+,31-/m0/s1. The summed E-state index contributed by atoms with van der Waals surface area (Å²) in [4.78, 5) is 49.1. The summed E-state index contributed by atoms with van der Waals surface area (Å²) >= 11 is 0. The second-order valence-electron chi connectivity index (χ2n) is 11.1. The van der Waals surface area contributed by atoms with Crippen LogP contribution < -0.4 is 15.8 Å². The van der Waals surface area contributed by atoms with Gasteiger partial charge in [0.1, 0.15) is 11.4 Å². The summed E-state index contributed by atoms with van der Waals surface area (Å²) in [6, 6.07) is 20.5. The number of imide groups is 1. The van der Waals surface area contributed by atoms with Crippen LogP contribution in [0.1, 0.15) is 36.4 Å². The lowest BCUT2D eigenvalue weighted by Crippen LogP contribution is -2.51. The minimum Gasteiger partial charge on any atom is -0.296 e. The Labute approximate surface area is 220 Å². The Balaban J connectivity index is 1.55. The van der Waals surface area contributed by atoms with Crippen molar-refractivity contribution in [1.29, 1.82) is 0 Å². The van der Waals surface area contributed by atoms with Crippen molar-refractivity contribution in [3.8, 4) is 5.69 Å². The van der Waals surface area contributed by atoms with Crippen LogP contribution in [0, 0.1) is 31.6 Å². The highest BCUT2D eigenvalue weighted by molar-refractivity contribution is 6.24. The average molecular weight is 505 g/mol. The molecule has 4 aromatic rings. The van der Waals surface area contributed by atoms with Crippen molar-refractivity contribution in [2.45, 2.75) is 39.3 Å². The average Bonchev–Trinajstić information content (AvgIpc) is 3.49. The number of carbonyl (C=O) groups is 2. The highest BCUT2D eigenvalue weighted by atomic mass is 16.2. The van der Waals surface area contributed by atoms with E-state index >= 15 is 0 Å². The Bertz CT molecular complexity index is 1740. The molecule has 3 aliphatic heterocycles. The van der Waals surface area contributed by atoms with Gasteiger partial charge in [0.15, 0.2) is 0 Å². The number of anilines is 1. The Hall–Kier alpha value is -4.10. The molecular weight excluding hydrogens is 476 g/mol. The number of hydrogen-bond donors (Lipinski definition) is 1. The number of carbonyl (C=O) groups excluding carboxylic acids is 2. The Morgan fingerprint density at radius 2 is 1.55 bits per heavy atom. The summed E-state index contributed by atoms with van der Waals surface area (Å²) in [5, 5.41) is 4.26. The SMILES string of the molecule is Cc1cccc(C)c1N1C(=O)[C@@H]2[C@@H](C(C)C)N[C@@]3(c4ccccc4-n4c3nc3ccccc3c4=O)[C@H]2C1=O. The lowest BCUT2D eigenvalue weighted by molar-refractivity contribution is -0.123. The van der Waals surface area contributed by atoms with Gasteiger partial charge in [0.25, 0.3) is 5.56 Å². The van der Waals surface area contributed by atoms with Gasteiger partial charge in [0, 0.05) is 11.6 Å². The molecular formula is C31H28N4O3. The first-order valence-corrected chi connectivity index (χ1v) is 13.1. The highest BCUT2D eigenvalue weighted by Gasteiger charge is 2.70. The molecule has 0 aliphatic carbocycles. The van der Waals surface area contributed by atoms with Gasteiger partial charge in [-0.25, -0.2) is 9.88 Å². The first-order valence-electron chi connectivity index (χ1n) is 13.1. The fraction of sp³-hybridized carbons (Fsp3) is 0.290. The van der Waals surface area contributed by atoms with Crippen LogP contribution in [0.3, 0.4) is 0 Å². The molecule has 3 aromatic carbocycles. The van der Waals surface area contributed by atoms with Crippen molar-refractivity contribution in [1.82, 2.24) is 14.9 Å². The molecule has 0 unspecified atom stereocenters. The van der Waals surface area contributed by atoms with Crippen molar-refractivity contribution in [3.05, 3.63) is 99.6 Å². The quantitative estimate of drug-likeness (QED) is 0.418. The van der Waals surface area contributed by atoms with Gasteiger partial charge in [-0.3, -0.25) is 24.3 Å². The molecule has 0 radical (unpaired) electrons. The lowest BCUT2D eigenvalue weighted by Gasteiger charge is -2.32. The van der Waals surface area contributed by atoms with E-state index in [-0.39, 0.29) is 29.3 Å². The van der Waals surface area contributed by atoms with Crippen LogP contribution in [0.5, 0.6) is 0 Å². The first kappa shape index (κ1) is 23.0. The van der Waals surface area contributed by atoms with Gasteiger partial charge in [-0.15, -0.1) is 0 Å². The Morgan fingerprint density at radius 1 is 0.868 bits per heavy atom. The van der Waals surface area contributed by atoms with E-state index < -0.39 is 17.4 Å². The summed E-state index contributed by atoms with van der Waals surface area (Å²) < 4.78 is 1.64. The van der Waals surface area contributed by atoms with Crippen LogP contribution in [0.15, 0.2) is 71.5 Å². The van der Waals surface area contributed by atoms with Gasteiger partial charge in [0.2, 0.25) is 11.8 Å². The fourth-order valence-electron chi connectivity index (χ4n) is 7.10. The first-order chi connectivity index (χ1) is 18.3. The van der Waals surface area contributed by atoms with Gasteiger partial charge >= 0.3 is 0 Å². The number of nitrogens with zero attached hydrogens (tertiary/aromatic N) is 3. The molecule has 190 valence electrons. The monoisotopic (exact) mass is 504 g/mol. The Kier molecular flexibility index (Phi) is 4.68. The minimum atomic E-state index is -1.11. The zero-order valence-electron chi connectivity index (χ0n) is 21.7. The van der Waals surface area contributed by atoms with Gasteiger partial charge in [-0.1, -0.05) is 62.4 Å². The van der Waals surface area contributed by atoms with E-state index in [0.29, 0.717) is 28.1 Å². The molecule has 0 saturated carbocycles. The fourth-order valence-corrected chi connectivity index (χ4v) is 7.10. The molecule has 7 nitrogen and oxygen atoms in total. The highest BCUT2D eigenvalue weighted by Crippen LogP contribution is 2.56. The predicted octanol–water partition coefficient (Wildman–Crippen LogP) is 3.99. The number of benzene rings is 3. The smallest absolute Gasteiger partial charge is 0.266 e. The van der Waals surface area contributed by atoms with E-state index in [1.54, 1.807) is 10.6 Å². The van der Waals surface area contributed by atoms with Crippen LogP contribution in [0.2, 0.25) is 0 Å². The van der Waals surface area contributed by atoms with Crippen molar-refractivity contribution in [2.75, 3.05) is 4.90 Å². The van der Waals surface area contributed by atoms with E-state index in [2.05, 4.69) is 19.2 Å². The molecule has 38 heavy (non-hydrogen) atoms. The molecule has 1 aromatic heterocycles. The number of aromatic nitrogens is 2. The van der Waals surface area contributed by atoms with Crippen LogP contribution >= 0.6 is 0 Å². The minimum absolute atomic E-state index is 0.0601. The molecule has 1 spiro atoms. The summed E-state index contributed by atoms with van der Waals surface area (Å²) in [5.74, 6) is -1.25. The molecule has 7 rings (SSSR count). The van der Waals surface area contributed by atoms with Crippen LogP contribution in [-0.2, 0) is 15.1 Å². The second kappa shape index (κ2) is 7.71. The van der Waals surface area contributed by atoms with Gasteiger partial charge < -0.3 is 0 Å². The molecule has 0 bridgehead atoms. The van der Waals surface area contributed by atoms with Crippen molar-refractivity contribution in [2.24, 2.45) is 17.8 Å². The number of aryl methyl sites for hydroxylation is 2. The van der Waals surface area contributed by atoms with E-state index in [0.717, 1.165) is 16.7 Å². The van der Waals surface area contributed by atoms with Crippen LogP contribution in [0.4, 0.5) is 5.69 Å². The molecule has 2 saturated heterocycles. The van der Waals surface area contributed by atoms with E-state index in [1.807, 2.05) is 74.5 Å². The summed E-state index contributed by atoms with van der Waals surface area (Å²) in [5.41, 5.74) is 3.21. The van der Waals surface area contributed by atoms with E-state index in [9.17, 15) is 14.4 Å². The van der Waals surface area contributed by atoms with E-state index in [1.165, 1.54) is 4.90 Å². The number of fused-ring (bicyclic) bond motifs is 8. The van der Waals surface area contributed by atoms with Gasteiger partial charge in [0.05, 0.1) is 34.1 Å². The second-order valence-corrected chi connectivity index (χ2v) is 11.1. The van der Waals surface area contributed by atoms with Crippen LogP contribution in [-0.4, -0.2) is 27.4 Å². The number of para-hydroxylation sites is 3. The molecule has 4 heterocycles. The number of rotatable bonds is 2. The third kappa shape index (κ3) is 2.67. The molecule has 4 atom stereocenters. The molecule has 7 heteroatoms. The maximum absolute atomic E-state index is 14.5. The third-order valence-electron chi connectivity index (χ3n) is 8.68. The summed E-state index contributed by atoms with van der Waals surface area (Å²) in [6.45, 7) is 7.99. The zero-order valence-corrected chi connectivity index (χ0v) is 21.7. The maximum atomic E-state index is 14.5. The Morgan fingerprint density at radius 3 is 2.29 bits per heavy atom. The topological polar surface area (TPSA) is 84.3 Å². The number of amides is 2. The third-order valence-corrected chi connectivity index (χ3v) is 8.68.